The first-order valence-corrected chi connectivity index (χ1v) is 11.0. The molecule has 0 aromatic carbocycles. The Hall–Kier alpha value is -3.26. The third-order valence-corrected chi connectivity index (χ3v) is 6.17. The molecular formula is C24H30N6O2. The zero-order valence-corrected chi connectivity index (χ0v) is 19.0. The summed E-state index contributed by atoms with van der Waals surface area (Å²) in [4.78, 5) is 35.5. The number of nitrogens with one attached hydrogen (secondary N) is 4. The first kappa shape index (κ1) is 22.0. The highest BCUT2D eigenvalue weighted by atomic mass is 16.1. The summed E-state index contributed by atoms with van der Waals surface area (Å²) in [6, 6.07) is 8.22. The van der Waals surface area contributed by atoms with Crippen molar-refractivity contribution in [2.45, 2.75) is 57.7 Å². The van der Waals surface area contributed by atoms with E-state index in [1.54, 1.807) is 19.3 Å². The molecule has 1 amide bonds. The Kier molecular flexibility index (Phi) is 5.97. The summed E-state index contributed by atoms with van der Waals surface area (Å²) in [6.45, 7) is 6.24. The molecule has 3 heterocycles. The van der Waals surface area contributed by atoms with Gasteiger partial charge in [0.1, 0.15) is 5.69 Å². The molecule has 1 saturated carbocycles. The van der Waals surface area contributed by atoms with Crippen LogP contribution in [0.4, 0.5) is 5.69 Å². The lowest BCUT2D eigenvalue weighted by Crippen LogP contribution is -2.53. The van der Waals surface area contributed by atoms with Crippen molar-refractivity contribution in [2.24, 2.45) is 0 Å². The molecule has 0 bridgehead atoms. The highest BCUT2D eigenvalue weighted by molar-refractivity contribution is 5.92. The maximum Gasteiger partial charge on any atom is 0.269 e. The highest BCUT2D eigenvalue weighted by Crippen LogP contribution is 2.30. The molecule has 0 spiro atoms. The van der Waals surface area contributed by atoms with Crippen molar-refractivity contribution in [3.8, 4) is 0 Å². The minimum Gasteiger partial charge on any atom is -0.381 e. The van der Waals surface area contributed by atoms with Crippen LogP contribution in [0.25, 0.3) is 11.0 Å². The van der Waals surface area contributed by atoms with Crippen molar-refractivity contribution in [1.29, 1.82) is 0 Å². The summed E-state index contributed by atoms with van der Waals surface area (Å²) in [5, 5.41) is 9.76. The van der Waals surface area contributed by atoms with Crippen LogP contribution in [0.3, 0.4) is 0 Å². The fourth-order valence-electron chi connectivity index (χ4n) is 4.15. The molecule has 1 aliphatic carbocycles. The average molecular weight is 435 g/mol. The molecule has 0 atom stereocenters. The number of anilines is 1. The van der Waals surface area contributed by atoms with Crippen molar-refractivity contribution < 1.29 is 4.79 Å². The van der Waals surface area contributed by atoms with Gasteiger partial charge in [-0.25, -0.2) is 4.98 Å². The minimum atomic E-state index is -0.284. The average Bonchev–Trinajstić information content (AvgIpc) is 2.76. The second-order valence-electron chi connectivity index (χ2n) is 8.92. The van der Waals surface area contributed by atoms with Gasteiger partial charge in [0, 0.05) is 36.4 Å². The Bertz CT molecular complexity index is 1180. The minimum absolute atomic E-state index is 0.0459. The van der Waals surface area contributed by atoms with E-state index in [1.807, 2.05) is 31.3 Å². The van der Waals surface area contributed by atoms with Crippen LogP contribution in [-0.4, -0.2) is 40.0 Å². The summed E-state index contributed by atoms with van der Waals surface area (Å²) in [5.74, 6) is -0.190. The molecule has 0 aliphatic heterocycles. The summed E-state index contributed by atoms with van der Waals surface area (Å²) >= 11 is 0. The third kappa shape index (κ3) is 4.50. The molecule has 8 nitrogen and oxygen atoms in total. The van der Waals surface area contributed by atoms with Gasteiger partial charge < -0.3 is 20.9 Å². The van der Waals surface area contributed by atoms with Crippen LogP contribution in [0, 0.1) is 0 Å². The van der Waals surface area contributed by atoms with Crippen molar-refractivity contribution >= 4 is 22.6 Å². The van der Waals surface area contributed by atoms with Crippen LogP contribution in [0.2, 0.25) is 0 Å². The molecule has 3 aromatic heterocycles. The Morgan fingerprint density at radius 2 is 1.94 bits per heavy atom. The zero-order valence-electron chi connectivity index (χ0n) is 19.0. The number of carbonyl (C=O) groups is 1. The van der Waals surface area contributed by atoms with E-state index in [2.05, 4.69) is 44.7 Å². The van der Waals surface area contributed by atoms with Crippen molar-refractivity contribution in [3.63, 3.8) is 0 Å². The predicted octanol–water partition coefficient (Wildman–Crippen LogP) is 2.71. The monoisotopic (exact) mass is 434 g/mol. The molecule has 8 heteroatoms. The summed E-state index contributed by atoms with van der Waals surface area (Å²) in [7, 11) is 1.59. The predicted molar refractivity (Wildman–Crippen MR) is 126 cm³/mol. The Morgan fingerprint density at radius 1 is 1.16 bits per heavy atom. The van der Waals surface area contributed by atoms with Crippen molar-refractivity contribution in [2.75, 3.05) is 12.4 Å². The number of aromatic nitrogens is 3. The quantitative estimate of drug-likeness (QED) is 0.455. The number of carbonyl (C=O) groups excluding carboxylic acids is 1. The van der Waals surface area contributed by atoms with Crippen LogP contribution in [0.1, 0.15) is 55.2 Å². The number of aryl methyl sites for hydroxylation is 1. The molecule has 0 radical (unpaired) electrons. The Morgan fingerprint density at radius 3 is 2.59 bits per heavy atom. The van der Waals surface area contributed by atoms with Gasteiger partial charge in [-0.2, -0.15) is 0 Å². The number of amides is 1. The summed E-state index contributed by atoms with van der Waals surface area (Å²) in [6.07, 6.45) is 6.24. The van der Waals surface area contributed by atoms with E-state index >= 15 is 0 Å². The van der Waals surface area contributed by atoms with Gasteiger partial charge in [0.05, 0.1) is 22.9 Å². The van der Waals surface area contributed by atoms with Gasteiger partial charge in [0.2, 0.25) is 0 Å². The summed E-state index contributed by atoms with van der Waals surface area (Å²) in [5.41, 5.74) is 4.35. The second-order valence-corrected chi connectivity index (χ2v) is 8.92. The zero-order chi connectivity index (χ0) is 22.9. The fraction of sp³-hybridized carbons (Fsp3) is 0.417. The number of hydrogen-bond donors (Lipinski definition) is 4. The van der Waals surface area contributed by atoms with Crippen LogP contribution in [-0.2, 0) is 12.0 Å². The first-order chi connectivity index (χ1) is 15.3. The molecule has 0 saturated heterocycles. The van der Waals surface area contributed by atoms with Crippen LogP contribution < -0.4 is 21.5 Å². The van der Waals surface area contributed by atoms with Crippen LogP contribution in [0.5, 0.6) is 0 Å². The molecule has 168 valence electrons. The van der Waals surface area contributed by atoms with Crippen molar-refractivity contribution in [3.05, 3.63) is 63.8 Å². The number of aromatic amines is 1. The van der Waals surface area contributed by atoms with Gasteiger partial charge in [-0.1, -0.05) is 6.92 Å². The SMILES string of the molecule is CCc1cc2ncc(C(C)(C)NC3CC(Nc4ccc(C(=O)NC)nc4)C3)cc2[nH]c1=O. The van der Waals surface area contributed by atoms with E-state index in [1.165, 1.54) is 0 Å². The number of rotatable bonds is 7. The lowest BCUT2D eigenvalue weighted by atomic mass is 9.83. The van der Waals surface area contributed by atoms with Gasteiger partial charge in [-0.15, -0.1) is 0 Å². The van der Waals surface area contributed by atoms with Crippen molar-refractivity contribution in [1.82, 2.24) is 25.6 Å². The van der Waals surface area contributed by atoms with E-state index in [0.29, 0.717) is 24.2 Å². The number of pyridine rings is 3. The summed E-state index contributed by atoms with van der Waals surface area (Å²) < 4.78 is 0. The lowest BCUT2D eigenvalue weighted by Gasteiger charge is -2.42. The largest absolute Gasteiger partial charge is 0.381 e. The molecule has 3 aromatic rings. The standard InChI is InChI=1S/C24H30N6O2/c1-5-14-8-20-21(29-22(14)31)9-15(12-26-20)24(2,3)30-18-10-17(11-18)28-16-6-7-19(27-13-16)23(32)25-4/h6-9,12-13,17-18,28,30H,5,10-11H2,1-4H3,(H,25,32)(H,29,31). The molecule has 1 fully saturated rings. The molecule has 1 aliphatic rings. The van der Waals surface area contributed by atoms with Gasteiger partial charge in [-0.05, 0) is 62.9 Å². The van der Waals surface area contributed by atoms with Gasteiger partial charge in [0.25, 0.3) is 11.5 Å². The van der Waals surface area contributed by atoms with Crippen LogP contribution in [0.15, 0.2) is 41.5 Å². The topological polar surface area (TPSA) is 112 Å². The Labute approximate surface area is 187 Å². The smallest absolute Gasteiger partial charge is 0.269 e. The van der Waals surface area contributed by atoms with E-state index in [-0.39, 0.29) is 17.0 Å². The number of hydrogen-bond acceptors (Lipinski definition) is 6. The van der Waals surface area contributed by atoms with E-state index < -0.39 is 0 Å². The normalized spacial score (nSPS) is 18.2. The second kappa shape index (κ2) is 8.70. The maximum absolute atomic E-state index is 12.2. The van der Waals surface area contributed by atoms with Gasteiger partial charge >= 0.3 is 0 Å². The highest BCUT2D eigenvalue weighted by Gasteiger charge is 2.34. The van der Waals surface area contributed by atoms with E-state index in [4.69, 9.17) is 0 Å². The molecular weight excluding hydrogens is 404 g/mol. The van der Waals surface area contributed by atoms with Gasteiger partial charge in [-0.3, -0.25) is 14.6 Å². The Balaban J connectivity index is 1.36. The maximum atomic E-state index is 12.2. The molecule has 0 unspecified atom stereocenters. The molecule has 4 rings (SSSR count). The third-order valence-electron chi connectivity index (χ3n) is 6.17. The number of fused-ring (bicyclic) bond motifs is 1. The van der Waals surface area contributed by atoms with Crippen LogP contribution >= 0.6 is 0 Å². The first-order valence-electron chi connectivity index (χ1n) is 11.0. The number of nitrogens with zero attached hydrogens (tertiary/aromatic N) is 2. The fourth-order valence-corrected chi connectivity index (χ4v) is 4.15. The number of H-pyrrole nitrogens is 1. The molecule has 4 N–H and O–H groups in total. The molecule has 32 heavy (non-hydrogen) atoms. The van der Waals surface area contributed by atoms with Gasteiger partial charge in [0.15, 0.2) is 0 Å². The van der Waals surface area contributed by atoms with E-state index in [0.717, 1.165) is 40.7 Å². The lowest BCUT2D eigenvalue weighted by molar-refractivity contribution is 0.0958. The van der Waals surface area contributed by atoms with E-state index in [9.17, 15) is 9.59 Å².